The van der Waals surface area contributed by atoms with Crippen LogP contribution in [0, 0.1) is 11.8 Å². The van der Waals surface area contributed by atoms with E-state index in [0.717, 1.165) is 25.0 Å². The second kappa shape index (κ2) is 5.28. The second-order valence-electron chi connectivity index (χ2n) is 5.18. The molecule has 15 heavy (non-hydrogen) atoms. The van der Waals surface area contributed by atoms with E-state index in [0.29, 0.717) is 6.04 Å². The molecule has 0 amide bonds. The van der Waals surface area contributed by atoms with E-state index >= 15 is 0 Å². The Morgan fingerprint density at radius 1 is 1.40 bits per heavy atom. The molecule has 1 saturated carbocycles. The summed E-state index contributed by atoms with van der Waals surface area (Å²) in [5.74, 6) is 1.71. The topological polar surface area (TPSA) is 24.5 Å². The summed E-state index contributed by atoms with van der Waals surface area (Å²) >= 11 is 0. The van der Waals surface area contributed by atoms with Gasteiger partial charge in [-0.1, -0.05) is 0 Å². The van der Waals surface area contributed by atoms with E-state index in [1.165, 1.54) is 32.4 Å². The van der Waals surface area contributed by atoms with Crippen molar-refractivity contribution >= 4 is 0 Å². The first-order chi connectivity index (χ1) is 7.29. The number of likely N-dealkylation sites (N-methyl/N-ethyl adjacent to an activating group) is 2. The summed E-state index contributed by atoms with van der Waals surface area (Å²) in [5, 5.41) is 3.45. The van der Waals surface area contributed by atoms with Crippen LogP contribution in [0.15, 0.2) is 0 Å². The SMILES string of the molecule is CNC(CN(C)CC1CC1)C1CCOC1. The highest BCUT2D eigenvalue weighted by Crippen LogP contribution is 2.29. The first-order valence-corrected chi connectivity index (χ1v) is 6.23. The van der Waals surface area contributed by atoms with Gasteiger partial charge in [0.05, 0.1) is 6.61 Å². The zero-order chi connectivity index (χ0) is 10.7. The normalized spacial score (nSPS) is 28.6. The van der Waals surface area contributed by atoms with Crippen molar-refractivity contribution in [3.63, 3.8) is 0 Å². The molecule has 2 fully saturated rings. The highest BCUT2D eigenvalue weighted by molar-refractivity contribution is 4.83. The highest BCUT2D eigenvalue weighted by atomic mass is 16.5. The van der Waals surface area contributed by atoms with Crippen molar-refractivity contribution in [3.8, 4) is 0 Å². The summed E-state index contributed by atoms with van der Waals surface area (Å²) < 4.78 is 5.46. The Hall–Kier alpha value is -0.120. The summed E-state index contributed by atoms with van der Waals surface area (Å²) in [5.41, 5.74) is 0. The van der Waals surface area contributed by atoms with Crippen LogP contribution in [-0.4, -0.2) is 51.3 Å². The number of hydrogen-bond donors (Lipinski definition) is 1. The van der Waals surface area contributed by atoms with Gasteiger partial charge in [-0.2, -0.15) is 0 Å². The van der Waals surface area contributed by atoms with Crippen LogP contribution < -0.4 is 5.32 Å². The summed E-state index contributed by atoms with van der Waals surface area (Å²) in [4.78, 5) is 2.48. The fraction of sp³-hybridized carbons (Fsp3) is 1.00. The van der Waals surface area contributed by atoms with Crippen LogP contribution in [0.25, 0.3) is 0 Å². The van der Waals surface area contributed by atoms with E-state index < -0.39 is 0 Å². The van der Waals surface area contributed by atoms with Crippen molar-refractivity contribution in [3.05, 3.63) is 0 Å². The lowest BCUT2D eigenvalue weighted by molar-refractivity contribution is 0.168. The van der Waals surface area contributed by atoms with Gasteiger partial charge in [0, 0.05) is 31.7 Å². The van der Waals surface area contributed by atoms with E-state index in [2.05, 4.69) is 24.3 Å². The third kappa shape index (κ3) is 3.44. The first-order valence-electron chi connectivity index (χ1n) is 6.23. The van der Waals surface area contributed by atoms with Crippen LogP contribution in [-0.2, 0) is 4.74 Å². The minimum atomic E-state index is 0.608. The lowest BCUT2D eigenvalue weighted by Gasteiger charge is -2.27. The van der Waals surface area contributed by atoms with Gasteiger partial charge in [0.15, 0.2) is 0 Å². The van der Waals surface area contributed by atoms with Crippen LogP contribution in [0.1, 0.15) is 19.3 Å². The standard InChI is InChI=1S/C12H24N2O/c1-13-12(11-5-6-15-9-11)8-14(2)7-10-3-4-10/h10-13H,3-9H2,1-2H3. The van der Waals surface area contributed by atoms with Gasteiger partial charge < -0.3 is 15.0 Å². The highest BCUT2D eigenvalue weighted by Gasteiger charge is 2.28. The summed E-state index contributed by atoms with van der Waals surface area (Å²) in [6.07, 6.45) is 4.12. The zero-order valence-corrected chi connectivity index (χ0v) is 10.0. The van der Waals surface area contributed by atoms with Crippen molar-refractivity contribution in [2.75, 3.05) is 40.4 Å². The predicted molar refractivity (Wildman–Crippen MR) is 62.0 cm³/mol. The van der Waals surface area contributed by atoms with Crippen LogP contribution in [0.5, 0.6) is 0 Å². The molecule has 1 aliphatic heterocycles. The summed E-state index contributed by atoms with van der Waals surface area (Å²) in [7, 11) is 4.33. The van der Waals surface area contributed by atoms with Gasteiger partial charge in [-0.3, -0.25) is 0 Å². The van der Waals surface area contributed by atoms with Gasteiger partial charge in [-0.15, -0.1) is 0 Å². The molecule has 0 aromatic heterocycles. The maximum absolute atomic E-state index is 5.46. The molecule has 0 spiro atoms. The molecule has 1 aliphatic carbocycles. The van der Waals surface area contributed by atoms with Crippen LogP contribution in [0.4, 0.5) is 0 Å². The third-order valence-corrected chi connectivity index (χ3v) is 3.68. The molecule has 0 bridgehead atoms. The summed E-state index contributed by atoms with van der Waals surface area (Å²) in [6, 6.07) is 0.608. The van der Waals surface area contributed by atoms with Crippen molar-refractivity contribution in [1.82, 2.24) is 10.2 Å². The van der Waals surface area contributed by atoms with Gasteiger partial charge in [0.2, 0.25) is 0 Å². The Bertz CT molecular complexity index is 188. The average molecular weight is 212 g/mol. The second-order valence-corrected chi connectivity index (χ2v) is 5.18. The number of nitrogens with zero attached hydrogens (tertiary/aromatic N) is 1. The van der Waals surface area contributed by atoms with Crippen LogP contribution in [0.3, 0.4) is 0 Å². The number of ether oxygens (including phenoxy) is 1. The minimum absolute atomic E-state index is 0.608. The quantitative estimate of drug-likeness (QED) is 0.709. The molecule has 0 aromatic carbocycles. The van der Waals surface area contributed by atoms with Crippen LogP contribution >= 0.6 is 0 Å². The lowest BCUT2D eigenvalue weighted by atomic mass is 9.99. The molecule has 0 aromatic rings. The Morgan fingerprint density at radius 3 is 2.73 bits per heavy atom. The molecule has 0 radical (unpaired) electrons. The molecule has 1 N–H and O–H groups in total. The molecular weight excluding hydrogens is 188 g/mol. The van der Waals surface area contributed by atoms with E-state index in [1.807, 2.05) is 0 Å². The van der Waals surface area contributed by atoms with E-state index in [4.69, 9.17) is 4.74 Å². The Kier molecular flexibility index (Phi) is 4.00. The van der Waals surface area contributed by atoms with Gasteiger partial charge >= 0.3 is 0 Å². The van der Waals surface area contributed by atoms with Crippen LogP contribution in [0.2, 0.25) is 0 Å². The van der Waals surface area contributed by atoms with Crippen molar-refractivity contribution in [2.24, 2.45) is 11.8 Å². The van der Waals surface area contributed by atoms with Gasteiger partial charge in [-0.25, -0.2) is 0 Å². The first kappa shape index (κ1) is 11.4. The zero-order valence-electron chi connectivity index (χ0n) is 10.0. The van der Waals surface area contributed by atoms with E-state index in [1.54, 1.807) is 0 Å². The van der Waals surface area contributed by atoms with Crippen molar-refractivity contribution < 1.29 is 4.74 Å². The molecule has 88 valence electrons. The molecule has 1 saturated heterocycles. The third-order valence-electron chi connectivity index (χ3n) is 3.68. The Balaban J connectivity index is 1.72. The fourth-order valence-corrected chi connectivity index (χ4v) is 2.50. The molecule has 2 unspecified atom stereocenters. The van der Waals surface area contributed by atoms with Crippen molar-refractivity contribution in [1.29, 1.82) is 0 Å². The van der Waals surface area contributed by atoms with E-state index in [9.17, 15) is 0 Å². The largest absolute Gasteiger partial charge is 0.381 e. The monoisotopic (exact) mass is 212 g/mol. The Labute approximate surface area is 93.2 Å². The van der Waals surface area contributed by atoms with Gasteiger partial charge in [0.1, 0.15) is 0 Å². The number of rotatable bonds is 6. The molecule has 2 rings (SSSR count). The molecule has 3 nitrogen and oxygen atoms in total. The Morgan fingerprint density at radius 2 is 2.20 bits per heavy atom. The average Bonchev–Trinajstić information content (AvgIpc) is 2.86. The number of nitrogens with one attached hydrogen (secondary N) is 1. The smallest absolute Gasteiger partial charge is 0.0510 e. The molecule has 3 heteroatoms. The predicted octanol–water partition coefficient (Wildman–Crippen LogP) is 0.953. The summed E-state index contributed by atoms with van der Waals surface area (Å²) in [6.45, 7) is 4.35. The lowest BCUT2D eigenvalue weighted by Crippen LogP contribution is -2.43. The molecular formula is C12H24N2O. The van der Waals surface area contributed by atoms with Crippen molar-refractivity contribution in [2.45, 2.75) is 25.3 Å². The fourth-order valence-electron chi connectivity index (χ4n) is 2.50. The van der Waals surface area contributed by atoms with Gasteiger partial charge in [0.25, 0.3) is 0 Å². The minimum Gasteiger partial charge on any atom is -0.381 e. The molecule has 2 aliphatic rings. The van der Waals surface area contributed by atoms with Gasteiger partial charge in [-0.05, 0) is 39.3 Å². The maximum atomic E-state index is 5.46. The maximum Gasteiger partial charge on any atom is 0.0510 e. The molecule has 2 atom stereocenters. The number of hydrogen-bond acceptors (Lipinski definition) is 3. The molecule has 1 heterocycles. The van der Waals surface area contributed by atoms with E-state index in [-0.39, 0.29) is 0 Å².